The monoisotopic (exact) mass is 355 g/mol. The quantitative estimate of drug-likeness (QED) is 0.856. The molecule has 0 spiro atoms. The summed E-state index contributed by atoms with van der Waals surface area (Å²) in [5, 5.41) is 3.45. The molecule has 2 fully saturated rings. The van der Waals surface area contributed by atoms with E-state index in [1.807, 2.05) is 6.20 Å². The molecule has 26 heavy (non-hydrogen) atoms. The number of rotatable bonds is 6. The standard InChI is InChI=1S/C21H29N3O2/c1-14-8-19(14)20-6-5-18(26-20)11-22-9-17-4-7-21(23-10-17)24-12-15(2)25-16(3)13-24/h4-7,10,14-16,19,22H,8-9,11-13H2,1-3H3. The van der Waals surface area contributed by atoms with Gasteiger partial charge < -0.3 is 19.4 Å². The highest BCUT2D eigenvalue weighted by atomic mass is 16.5. The lowest BCUT2D eigenvalue weighted by atomic mass is 10.2. The molecule has 4 unspecified atom stereocenters. The fourth-order valence-electron chi connectivity index (χ4n) is 3.81. The third kappa shape index (κ3) is 4.10. The van der Waals surface area contributed by atoms with Crippen LogP contribution in [0.1, 0.15) is 50.2 Å². The Balaban J connectivity index is 1.27. The number of pyridine rings is 1. The van der Waals surface area contributed by atoms with Crippen molar-refractivity contribution in [3.63, 3.8) is 0 Å². The minimum absolute atomic E-state index is 0.249. The lowest BCUT2D eigenvalue weighted by Crippen LogP contribution is -2.45. The second kappa shape index (κ2) is 7.41. The van der Waals surface area contributed by atoms with Crippen molar-refractivity contribution in [3.05, 3.63) is 47.5 Å². The van der Waals surface area contributed by atoms with E-state index in [-0.39, 0.29) is 12.2 Å². The van der Waals surface area contributed by atoms with Gasteiger partial charge in [-0.3, -0.25) is 0 Å². The zero-order valence-electron chi connectivity index (χ0n) is 15.9. The first-order chi connectivity index (χ1) is 12.6. The number of nitrogens with zero attached hydrogens (tertiary/aromatic N) is 2. The van der Waals surface area contributed by atoms with Crippen LogP contribution in [0.5, 0.6) is 0 Å². The molecule has 0 amide bonds. The van der Waals surface area contributed by atoms with Crippen molar-refractivity contribution < 1.29 is 9.15 Å². The predicted molar refractivity (Wildman–Crippen MR) is 102 cm³/mol. The van der Waals surface area contributed by atoms with Gasteiger partial charge in [0.1, 0.15) is 17.3 Å². The minimum Gasteiger partial charge on any atom is -0.464 e. The average molecular weight is 355 g/mol. The summed E-state index contributed by atoms with van der Waals surface area (Å²) in [5.74, 6) is 4.62. The highest BCUT2D eigenvalue weighted by molar-refractivity contribution is 5.40. The van der Waals surface area contributed by atoms with Crippen molar-refractivity contribution in [3.8, 4) is 0 Å². The topological polar surface area (TPSA) is 50.5 Å². The highest BCUT2D eigenvalue weighted by Crippen LogP contribution is 2.47. The summed E-state index contributed by atoms with van der Waals surface area (Å²) in [7, 11) is 0. The summed E-state index contributed by atoms with van der Waals surface area (Å²) in [6, 6.07) is 8.49. The molecule has 4 atom stereocenters. The van der Waals surface area contributed by atoms with Gasteiger partial charge in [-0.1, -0.05) is 13.0 Å². The Kier molecular flexibility index (Phi) is 5.00. The van der Waals surface area contributed by atoms with Gasteiger partial charge in [0.25, 0.3) is 0 Å². The van der Waals surface area contributed by atoms with E-state index in [9.17, 15) is 0 Å². The van der Waals surface area contributed by atoms with Crippen LogP contribution < -0.4 is 10.2 Å². The van der Waals surface area contributed by atoms with Gasteiger partial charge in [-0.15, -0.1) is 0 Å². The predicted octanol–water partition coefficient (Wildman–Crippen LogP) is 3.70. The van der Waals surface area contributed by atoms with Gasteiger partial charge in [-0.25, -0.2) is 4.98 Å². The van der Waals surface area contributed by atoms with Crippen LogP contribution in [0.15, 0.2) is 34.9 Å². The van der Waals surface area contributed by atoms with E-state index in [1.54, 1.807) is 0 Å². The molecule has 0 aromatic carbocycles. The van der Waals surface area contributed by atoms with Crippen molar-refractivity contribution in [2.45, 2.75) is 58.4 Å². The number of anilines is 1. The summed E-state index contributed by atoms with van der Waals surface area (Å²) in [5.41, 5.74) is 1.19. The molecule has 1 saturated carbocycles. The number of aromatic nitrogens is 1. The second-order valence-electron chi connectivity index (χ2n) is 7.91. The first-order valence-electron chi connectivity index (χ1n) is 9.73. The molecule has 1 aliphatic heterocycles. The molecule has 4 rings (SSSR count). The largest absolute Gasteiger partial charge is 0.464 e. The first kappa shape index (κ1) is 17.6. The molecule has 1 N–H and O–H groups in total. The minimum atomic E-state index is 0.249. The van der Waals surface area contributed by atoms with E-state index in [1.165, 1.54) is 12.0 Å². The number of hydrogen-bond acceptors (Lipinski definition) is 5. The fraction of sp³-hybridized carbons (Fsp3) is 0.571. The summed E-state index contributed by atoms with van der Waals surface area (Å²) in [6.45, 7) is 9.85. The van der Waals surface area contributed by atoms with Crippen LogP contribution in [0.4, 0.5) is 5.82 Å². The van der Waals surface area contributed by atoms with Gasteiger partial charge in [0, 0.05) is 31.7 Å². The van der Waals surface area contributed by atoms with Crippen LogP contribution in [0.3, 0.4) is 0 Å². The van der Waals surface area contributed by atoms with Gasteiger partial charge in [0.15, 0.2) is 0 Å². The van der Waals surface area contributed by atoms with E-state index in [0.29, 0.717) is 5.92 Å². The molecule has 5 heteroatoms. The van der Waals surface area contributed by atoms with Crippen LogP contribution in [0, 0.1) is 5.92 Å². The Morgan fingerprint density at radius 3 is 2.50 bits per heavy atom. The zero-order chi connectivity index (χ0) is 18.1. The Morgan fingerprint density at radius 2 is 1.85 bits per heavy atom. The van der Waals surface area contributed by atoms with E-state index < -0.39 is 0 Å². The summed E-state index contributed by atoms with van der Waals surface area (Å²) >= 11 is 0. The van der Waals surface area contributed by atoms with Crippen LogP contribution in [0.2, 0.25) is 0 Å². The van der Waals surface area contributed by atoms with Gasteiger partial charge in [0.2, 0.25) is 0 Å². The SMILES string of the molecule is CC1CN(c2ccc(CNCc3ccc(C4CC4C)o3)cn2)CC(C)O1. The molecule has 0 radical (unpaired) electrons. The van der Waals surface area contributed by atoms with Gasteiger partial charge in [0.05, 0.1) is 18.8 Å². The number of nitrogens with one attached hydrogen (secondary N) is 1. The van der Waals surface area contributed by atoms with Gasteiger partial charge in [-0.05, 0) is 49.9 Å². The molecular formula is C21H29N3O2. The number of morpholine rings is 1. The third-order valence-corrected chi connectivity index (χ3v) is 5.34. The van der Waals surface area contributed by atoms with Crippen molar-refractivity contribution in [1.29, 1.82) is 0 Å². The normalized spacial score (nSPS) is 28.3. The van der Waals surface area contributed by atoms with Crippen LogP contribution in [-0.2, 0) is 17.8 Å². The first-order valence-corrected chi connectivity index (χ1v) is 9.73. The zero-order valence-corrected chi connectivity index (χ0v) is 15.9. The molecule has 0 bridgehead atoms. The molecule has 2 aromatic heterocycles. The smallest absolute Gasteiger partial charge is 0.128 e. The van der Waals surface area contributed by atoms with Crippen molar-refractivity contribution >= 4 is 5.82 Å². The van der Waals surface area contributed by atoms with Gasteiger partial charge >= 0.3 is 0 Å². The molecule has 5 nitrogen and oxygen atoms in total. The number of ether oxygens (including phenoxy) is 1. The average Bonchev–Trinajstić information content (AvgIpc) is 3.15. The summed E-state index contributed by atoms with van der Waals surface area (Å²) < 4.78 is 11.7. The van der Waals surface area contributed by atoms with Crippen molar-refractivity contribution in [2.75, 3.05) is 18.0 Å². The molecule has 2 aromatic rings. The Bertz CT molecular complexity index is 717. The van der Waals surface area contributed by atoms with E-state index in [0.717, 1.165) is 49.4 Å². The molecule has 2 aliphatic rings. The summed E-state index contributed by atoms with van der Waals surface area (Å²) in [4.78, 5) is 6.95. The van der Waals surface area contributed by atoms with Crippen LogP contribution in [-0.4, -0.2) is 30.3 Å². The Labute approximate surface area is 155 Å². The highest BCUT2D eigenvalue weighted by Gasteiger charge is 2.36. The Hall–Kier alpha value is -1.85. The third-order valence-electron chi connectivity index (χ3n) is 5.34. The maximum atomic E-state index is 5.94. The van der Waals surface area contributed by atoms with E-state index in [2.05, 4.69) is 60.2 Å². The lowest BCUT2D eigenvalue weighted by molar-refractivity contribution is -0.00545. The molecular weight excluding hydrogens is 326 g/mol. The second-order valence-corrected chi connectivity index (χ2v) is 7.91. The van der Waals surface area contributed by atoms with E-state index in [4.69, 9.17) is 9.15 Å². The summed E-state index contributed by atoms with van der Waals surface area (Å²) in [6.07, 6.45) is 3.73. The Morgan fingerprint density at radius 1 is 1.08 bits per heavy atom. The maximum Gasteiger partial charge on any atom is 0.128 e. The maximum absolute atomic E-state index is 5.94. The molecule has 1 aliphatic carbocycles. The fourth-order valence-corrected chi connectivity index (χ4v) is 3.81. The van der Waals surface area contributed by atoms with Crippen molar-refractivity contribution in [1.82, 2.24) is 10.3 Å². The number of hydrogen-bond donors (Lipinski definition) is 1. The van der Waals surface area contributed by atoms with Crippen LogP contribution >= 0.6 is 0 Å². The number of furan rings is 1. The van der Waals surface area contributed by atoms with Crippen LogP contribution in [0.25, 0.3) is 0 Å². The van der Waals surface area contributed by atoms with Gasteiger partial charge in [-0.2, -0.15) is 0 Å². The molecule has 140 valence electrons. The molecule has 3 heterocycles. The van der Waals surface area contributed by atoms with E-state index >= 15 is 0 Å². The lowest BCUT2D eigenvalue weighted by Gasteiger charge is -2.36. The molecule has 1 saturated heterocycles. The van der Waals surface area contributed by atoms with Crippen molar-refractivity contribution in [2.24, 2.45) is 5.92 Å².